The molecule has 0 spiro atoms. The summed E-state index contributed by atoms with van der Waals surface area (Å²) in [5.74, 6) is 0.458. The van der Waals surface area contributed by atoms with Crippen molar-refractivity contribution in [2.24, 2.45) is 0 Å². The van der Waals surface area contributed by atoms with Crippen LogP contribution in [0.2, 0.25) is 6.32 Å². The van der Waals surface area contributed by atoms with E-state index < -0.39 is 11.6 Å². The minimum atomic E-state index is -0.819. The second kappa shape index (κ2) is 15.7. The summed E-state index contributed by atoms with van der Waals surface area (Å²) in [6.07, 6.45) is 2.95. The zero-order chi connectivity index (χ0) is 35.9. The van der Waals surface area contributed by atoms with E-state index in [1.807, 2.05) is 72.8 Å². The summed E-state index contributed by atoms with van der Waals surface area (Å²) in [7, 11) is -0.280. The van der Waals surface area contributed by atoms with Crippen LogP contribution in [-0.2, 0) is 26.2 Å². The lowest BCUT2D eigenvalue weighted by molar-refractivity contribution is -0.124. The first-order valence-electron chi connectivity index (χ1n) is 18.0. The van der Waals surface area contributed by atoms with Crippen LogP contribution >= 0.6 is 0 Å². The molecule has 1 saturated heterocycles. The number of amides is 1. The SMILES string of the molecule is CC(c1ccccc1)n1nnnc1CNC(=O)C(CCCCB1OC(C)(C)C(C)(C)O1)NC(c1ccccc1)(c1ccccc1)c1ccccc1. The van der Waals surface area contributed by atoms with Gasteiger partial charge in [-0.05, 0) is 80.0 Å². The maximum atomic E-state index is 14.5. The first kappa shape index (κ1) is 36.2. The fourth-order valence-corrected chi connectivity index (χ4v) is 6.88. The Kier molecular flexibility index (Phi) is 11.1. The fourth-order valence-electron chi connectivity index (χ4n) is 6.88. The van der Waals surface area contributed by atoms with Crippen molar-refractivity contribution in [1.82, 2.24) is 30.8 Å². The van der Waals surface area contributed by atoms with Gasteiger partial charge in [0.15, 0.2) is 5.82 Å². The molecule has 264 valence electrons. The van der Waals surface area contributed by atoms with Crippen LogP contribution in [0.25, 0.3) is 0 Å². The number of benzene rings is 4. The molecule has 2 atom stereocenters. The number of aromatic nitrogens is 4. The van der Waals surface area contributed by atoms with Crippen molar-refractivity contribution in [3.8, 4) is 0 Å². The highest BCUT2D eigenvalue weighted by Gasteiger charge is 2.50. The van der Waals surface area contributed by atoms with Gasteiger partial charge in [0.2, 0.25) is 5.91 Å². The first-order chi connectivity index (χ1) is 24.6. The monoisotopic (exact) mass is 684 g/mol. The smallest absolute Gasteiger partial charge is 0.403 e. The van der Waals surface area contributed by atoms with E-state index >= 15 is 0 Å². The molecule has 9 nitrogen and oxygen atoms in total. The van der Waals surface area contributed by atoms with Gasteiger partial charge in [0.05, 0.1) is 35.4 Å². The maximum Gasteiger partial charge on any atom is 0.457 e. The average molecular weight is 685 g/mol. The van der Waals surface area contributed by atoms with Gasteiger partial charge in [-0.2, -0.15) is 0 Å². The number of rotatable bonds is 15. The van der Waals surface area contributed by atoms with Gasteiger partial charge in [0, 0.05) is 0 Å². The van der Waals surface area contributed by atoms with Gasteiger partial charge in [-0.3, -0.25) is 10.1 Å². The normalized spacial score (nSPS) is 16.5. The predicted molar refractivity (Wildman–Crippen MR) is 201 cm³/mol. The molecule has 1 aliphatic rings. The molecule has 0 aliphatic carbocycles. The van der Waals surface area contributed by atoms with Crippen molar-refractivity contribution < 1.29 is 14.1 Å². The number of hydrogen-bond acceptors (Lipinski definition) is 7. The molecule has 0 saturated carbocycles. The molecule has 6 rings (SSSR count). The fraction of sp³-hybridized carbons (Fsp3) is 0.366. The topological polar surface area (TPSA) is 103 Å². The summed E-state index contributed by atoms with van der Waals surface area (Å²) >= 11 is 0. The van der Waals surface area contributed by atoms with Crippen molar-refractivity contribution in [2.75, 3.05) is 0 Å². The number of hydrogen-bond donors (Lipinski definition) is 2. The number of nitrogens with zero attached hydrogens (tertiary/aromatic N) is 4. The molecule has 2 N–H and O–H groups in total. The molecular weight excluding hydrogens is 635 g/mol. The third kappa shape index (κ3) is 7.98. The van der Waals surface area contributed by atoms with Gasteiger partial charge in [0.25, 0.3) is 0 Å². The van der Waals surface area contributed by atoms with E-state index in [0.29, 0.717) is 12.2 Å². The van der Waals surface area contributed by atoms with E-state index in [4.69, 9.17) is 9.31 Å². The standard InChI is InChI=1S/C41H49BN6O3/c1-31(32-20-10-6-11-21-32)48-37(45-46-47-48)30-43-38(49)36(28-18-19-29-42-50-39(2,3)40(4,5)51-42)44-41(33-22-12-7-13-23-33,34-24-14-8-15-25-34)35-26-16-9-17-27-35/h6-17,20-27,31,36,44H,18-19,28-30H2,1-5H3,(H,43,49). The summed E-state index contributed by atoms with van der Waals surface area (Å²) < 4.78 is 14.3. The molecule has 5 aromatic rings. The minimum absolute atomic E-state index is 0.0982. The van der Waals surface area contributed by atoms with Crippen molar-refractivity contribution in [3.63, 3.8) is 0 Å². The zero-order valence-electron chi connectivity index (χ0n) is 30.3. The Morgan fingerprint density at radius 3 is 1.76 bits per heavy atom. The lowest BCUT2D eigenvalue weighted by Crippen LogP contribution is -2.55. The summed E-state index contributed by atoms with van der Waals surface area (Å²) in [6.45, 7) is 10.5. The van der Waals surface area contributed by atoms with Crippen molar-refractivity contribution >= 4 is 13.0 Å². The molecule has 4 aromatic carbocycles. The van der Waals surface area contributed by atoms with Gasteiger partial charge >= 0.3 is 7.12 Å². The van der Waals surface area contributed by atoms with Gasteiger partial charge in [-0.25, -0.2) is 4.68 Å². The van der Waals surface area contributed by atoms with Crippen LogP contribution in [0.1, 0.15) is 88.0 Å². The number of unbranched alkanes of at least 4 members (excludes halogenated alkanes) is 1. The summed E-state index contributed by atoms with van der Waals surface area (Å²) in [6, 6.07) is 40.5. The third-order valence-corrected chi connectivity index (χ3v) is 10.4. The highest BCUT2D eigenvalue weighted by atomic mass is 16.7. The molecule has 0 bridgehead atoms. The quantitative estimate of drug-likeness (QED) is 0.0689. The Balaban J connectivity index is 1.29. The zero-order valence-corrected chi connectivity index (χ0v) is 30.3. The summed E-state index contributed by atoms with van der Waals surface area (Å²) in [5.41, 5.74) is 2.62. The van der Waals surface area contributed by atoms with E-state index in [-0.39, 0.29) is 36.8 Å². The predicted octanol–water partition coefficient (Wildman–Crippen LogP) is 7.11. The molecule has 10 heteroatoms. The third-order valence-electron chi connectivity index (χ3n) is 10.4. The van der Waals surface area contributed by atoms with E-state index in [9.17, 15) is 4.79 Å². The Morgan fingerprint density at radius 1 is 0.765 bits per heavy atom. The maximum absolute atomic E-state index is 14.5. The lowest BCUT2D eigenvalue weighted by atomic mass is 9.76. The van der Waals surface area contributed by atoms with Gasteiger partial charge in [-0.15, -0.1) is 5.10 Å². The van der Waals surface area contributed by atoms with Gasteiger partial charge in [-0.1, -0.05) is 134 Å². The largest absolute Gasteiger partial charge is 0.457 e. The first-order valence-corrected chi connectivity index (χ1v) is 18.0. The van der Waals surface area contributed by atoms with Crippen LogP contribution in [-0.4, -0.2) is 50.5 Å². The Labute approximate surface area is 302 Å². The van der Waals surface area contributed by atoms with Crippen molar-refractivity contribution in [2.45, 2.75) is 95.6 Å². The molecule has 1 amide bonds. The number of tetrazole rings is 1. The van der Waals surface area contributed by atoms with Crippen LogP contribution in [0, 0.1) is 0 Å². The highest BCUT2D eigenvalue weighted by Crippen LogP contribution is 2.39. The minimum Gasteiger partial charge on any atom is -0.403 e. The molecule has 2 heterocycles. The van der Waals surface area contributed by atoms with Crippen LogP contribution in [0.15, 0.2) is 121 Å². The second-order valence-corrected chi connectivity index (χ2v) is 14.4. The van der Waals surface area contributed by atoms with E-state index in [1.165, 1.54) is 0 Å². The summed E-state index contributed by atoms with van der Waals surface area (Å²) in [4.78, 5) is 14.5. The summed E-state index contributed by atoms with van der Waals surface area (Å²) in [5, 5.41) is 19.7. The lowest BCUT2D eigenvalue weighted by Gasteiger charge is -2.40. The Hall–Kier alpha value is -4.64. The molecule has 1 aliphatic heterocycles. The van der Waals surface area contributed by atoms with Crippen molar-refractivity contribution in [1.29, 1.82) is 0 Å². The van der Waals surface area contributed by atoms with Gasteiger partial charge in [0.1, 0.15) is 0 Å². The van der Waals surface area contributed by atoms with E-state index in [2.05, 4.69) is 109 Å². The van der Waals surface area contributed by atoms with Crippen LogP contribution < -0.4 is 10.6 Å². The number of nitrogens with one attached hydrogen (secondary N) is 2. The molecular formula is C41H49BN6O3. The van der Waals surface area contributed by atoms with Crippen LogP contribution in [0.4, 0.5) is 0 Å². The molecule has 0 radical (unpaired) electrons. The van der Waals surface area contributed by atoms with E-state index in [1.54, 1.807) is 4.68 Å². The Morgan fingerprint density at radius 2 is 1.25 bits per heavy atom. The highest BCUT2D eigenvalue weighted by molar-refractivity contribution is 6.45. The molecule has 1 fully saturated rings. The number of carbonyl (C=O) groups is 1. The molecule has 1 aromatic heterocycles. The molecule has 2 unspecified atom stereocenters. The van der Waals surface area contributed by atoms with Crippen molar-refractivity contribution in [3.05, 3.63) is 149 Å². The average Bonchev–Trinajstić information content (AvgIpc) is 3.71. The second-order valence-electron chi connectivity index (χ2n) is 14.4. The van der Waals surface area contributed by atoms with Crippen LogP contribution in [0.3, 0.4) is 0 Å². The van der Waals surface area contributed by atoms with Gasteiger partial charge < -0.3 is 14.6 Å². The Bertz CT molecular complexity index is 1720. The van der Waals surface area contributed by atoms with Crippen LogP contribution in [0.5, 0.6) is 0 Å². The van der Waals surface area contributed by atoms with E-state index in [0.717, 1.165) is 41.4 Å². The molecule has 51 heavy (non-hydrogen) atoms. The number of carbonyl (C=O) groups excluding carboxylic acids is 1.